The number of benzene rings is 1. The molecule has 0 amide bonds. The zero-order chi connectivity index (χ0) is 10.5. The Balaban J connectivity index is 2.25. The van der Waals surface area contributed by atoms with Gasteiger partial charge in [0.15, 0.2) is 0 Å². The summed E-state index contributed by atoms with van der Waals surface area (Å²) in [7, 11) is 0. The molecule has 3 heteroatoms. The van der Waals surface area contributed by atoms with Crippen molar-refractivity contribution in [3.63, 3.8) is 0 Å². The van der Waals surface area contributed by atoms with Gasteiger partial charge in [0.1, 0.15) is 6.61 Å². The smallest absolute Gasteiger partial charge is 0.104 e. The fourth-order valence-electron chi connectivity index (χ4n) is 1.29. The SMILES string of the molecule is OCC#Cc1ccc(-c2cnc[nH]2)cc1. The summed E-state index contributed by atoms with van der Waals surface area (Å²) < 4.78 is 0. The monoisotopic (exact) mass is 198 g/mol. The van der Waals surface area contributed by atoms with E-state index < -0.39 is 0 Å². The molecule has 0 unspecified atom stereocenters. The van der Waals surface area contributed by atoms with Crippen molar-refractivity contribution in [2.45, 2.75) is 0 Å². The molecule has 15 heavy (non-hydrogen) atoms. The molecular weight excluding hydrogens is 188 g/mol. The van der Waals surface area contributed by atoms with Crippen LogP contribution in [0.1, 0.15) is 5.56 Å². The predicted octanol–water partition coefficient (Wildman–Crippen LogP) is 1.42. The van der Waals surface area contributed by atoms with E-state index in [0.29, 0.717) is 0 Å². The highest BCUT2D eigenvalue weighted by molar-refractivity contribution is 5.59. The Hall–Kier alpha value is -2.05. The number of aromatic amines is 1. The van der Waals surface area contributed by atoms with Crippen LogP contribution in [0.25, 0.3) is 11.3 Å². The molecule has 2 rings (SSSR count). The third-order valence-electron chi connectivity index (χ3n) is 2.01. The van der Waals surface area contributed by atoms with Gasteiger partial charge >= 0.3 is 0 Å². The summed E-state index contributed by atoms with van der Waals surface area (Å²) in [5, 5.41) is 8.55. The lowest BCUT2D eigenvalue weighted by Crippen LogP contribution is -1.79. The molecule has 1 aromatic carbocycles. The third kappa shape index (κ3) is 2.25. The van der Waals surface area contributed by atoms with Crippen molar-refractivity contribution in [2.75, 3.05) is 6.61 Å². The van der Waals surface area contributed by atoms with E-state index in [0.717, 1.165) is 16.8 Å². The van der Waals surface area contributed by atoms with E-state index >= 15 is 0 Å². The van der Waals surface area contributed by atoms with Crippen LogP contribution in [0.2, 0.25) is 0 Å². The highest BCUT2D eigenvalue weighted by Gasteiger charge is 1.97. The van der Waals surface area contributed by atoms with Crippen molar-refractivity contribution >= 4 is 0 Å². The van der Waals surface area contributed by atoms with Gasteiger partial charge in [0.2, 0.25) is 0 Å². The first kappa shape index (κ1) is 9.50. The number of aliphatic hydroxyl groups is 1. The van der Waals surface area contributed by atoms with E-state index in [4.69, 9.17) is 5.11 Å². The number of aromatic nitrogens is 2. The molecule has 0 aliphatic carbocycles. The first-order valence-electron chi connectivity index (χ1n) is 4.58. The average Bonchev–Trinajstić information content (AvgIpc) is 2.80. The van der Waals surface area contributed by atoms with E-state index in [1.807, 2.05) is 24.3 Å². The first-order chi connectivity index (χ1) is 7.40. The number of hydrogen-bond donors (Lipinski definition) is 2. The summed E-state index contributed by atoms with van der Waals surface area (Å²) in [5.74, 6) is 5.45. The summed E-state index contributed by atoms with van der Waals surface area (Å²) in [6.07, 6.45) is 3.42. The molecule has 2 N–H and O–H groups in total. The normalized spacial score (nSPS) is 9.40. The van der Waals surface area contributed by atoms with E-state index in [-0.39, 0.29) is 6.61 Å². The molecule has 0 bridgehead atoms. The quantitative estimate of drug-likeness (QED) is 0.681. The van der Waals surface area contributed by atoms with E-state index in [1.54, 1.807) is 12.5 Å². The Labute approximate surface area is 87.8 Å². The molecule has 0 aliphatic heterocycles. The van der Waals surface area contributed by atoms with Crippen LogP contribution in [0.5, 0.6) is 0 Å². The van der Waals surface area contributed by atoms with Crippen LogP contribution in [0.15, 0.2) is 36.8 Å². The molecule has 0 saturated carbocycles. The Bertz CT molecular complexity index is 475. The maximum atomic E-state index is 8.55. The topological polar surface area (TPSA) is 48.9 Å². The minimum absolute atomic E-state index is 0.109. The van der Waals surface area contributed by atoms with Crippen LogP contribution >= 0.6 is 0 Å². The molecule has 0 radical (unpaired) electrons. The maximum absolute atomic E-state index is 8.55. The lowest BCUT2D eigenvalue weighted by molar-refractivity contribution is 0.350. The van der Waals surface area contributed by atoms with Gasteiger partial charge in [-0.25, -0.2) is 4.98 Å². The largest absolute Gasteiger partial charge is 0.384 e. The Morgan fingerprint density at radius 2 is 2.07 bits per heavy atom. The van der Waals surface area contributed by atoms with Gasteiger partial charge in [-0.2, -0.15) is 0 Å². The van der Waals surface area contributed by atoms with Crippen molar-refractivity contribution in [2.24, 2.45) is 0 Å². The molecule has 0 spiro atoms. The van der Waals surface area contributed by atoms with Crippen LogP contribution < -0.4 is 0 Å². The van der Waals surface area contributed by atoms with E-state index in [2.05, 4.69) is 21.8 Å². The second-order valence-electron chi connectivity index (χ2n) is 3.00. The molecule has 0 fully saturated rings. The summed E-state index contributed by atoms with van der Waals surface area (Å²) in [6.45, 7) is -0.109. The van der Waals surface area contributed by atoms with Crippen molar-refractivity contribution < 1.29 is 5.11 Å². The third-order valence-corrected chi connectivity index (χ3v) is 2.01. The van der Waals surface area contributed by atoms with Gasteiger partial charge in [0.25, 0.3) is 0 Å². The minimum Gasteiger partial charge on any atom is -0.384 e. The van der Waals surface area contributed by atoms with Gasteiger partial charge < -0.3 is 10.1 Å². The second kappa shape index (κ2) is 4.45. The first-order valence-corrected chi connectivity index (χ1v) is 4.58. The van der Waals surface area contributed by atoms with Crippen LogP contribution in [0, 0.1) is 11.8 Å². The van der Waals surface area contributed by atoms with Crippen LogP contribution in [-0.4, -0.2) is 21.7 Å². The Morgan fingerprint density at radius 3 is 2.67 bits per heavy atom. The molecule has 1 heterocycles. The van der Waals surface area contributed by atoms with E-state index in [1.165, 1.54) is 0 Å². The molecule has 2 aromatic rings. The van der Waals surface area contributed by atoms with Crippen LogP contribution in [0.3, 0.4) is 0 Å². The molecular formula is C12H10N2O. The highest BCUT2D eigenvalue weighted by atomic mass is 16.2. The van der Waals surface area contributed by atoms with Crippen LogP contribution in [-0.2, 0) is 0 Å². The number of aliphatic hydroxyl groups excluding tert-OH is 1. The van der Waals surface area contributed by atoms with Crippen molar-refractivity contribution in [1.82, 2.24) is 9.97 Å². The fraction of sp³-hybridized carbons (Fsp3) is 0.0833. The summed E-state index contributed by atoms with van der Waals surface area (Å²) in [4.78, 5) is 6.98. The minimum atomic E-state index is -0.109. The molecule has 0 saturated heterocycles. The molecule has 0 atom stereocenters. The fourth-order valence-corrected chi connectivity index (χ4v) is 1.29. The van der Waals surface area contributed by atoms with Crippen molar-refractivity contribution in [1.29, 1.82) is 0 Å². The average molecular weight is 198 g/mol. The predicted molar refractivity (Wildman–Crippen MR) is 58.0 cm³/mol. The van der Waals surface area contributed by atoms with Gasteiger partial charge in [-0.05, 0) is 17.7 Å². The molecule has 0 aliphatic rings. The lowest BCUT2D eigenvalue weighted by Gasteiger charge is -1.96. The number of H-pyrrole nitrogens is 1. The maximum Gasteiger partial charge on any atom is 0.104 e. The molecule has 74 valence electrons. The number of nitrogens with zero attached hydrogens (tertiary/aromatic N) is 1. The van der Waals surface area contributed by atoms with Crippen molar-refractivity contribution in [3.05, 3.63) is 42.4 Å². The standard InChI is InChI=1S/C12H10N2O/c15-7-1-2-10-3-5-11(6-4-10)12-8-13-9-14-12/h3-6,8-9,15H,7H2,(H,13,14). The van der Waals surface area contributed by atoms with E-state index in [9.17, 15) is 0 Å². The zero-order valence-electron chi connectivity index (χ0n) is 8.07. The second-order valence-corrected chi connectivity index (χ2v) is 3.00. The number of rotatable bonds is 1. The summed E-state index contributed by atoms with van der Waals surface area (Å²) in [6, 6.07) is 7.77. The van der Waals surface area contributed by atoms with Crippen LogP contribution in [0.4, 0.5) is 0 Å². The Kier molecular flexibility index (Phi) is 2.82. The van der Waals surface area contributed by atoms with Gasteiger partial charge in [-0.1, -0.05) is 24.0 Å². The Morgan fingerprint density at radius 1 is 1.27 bits per heavy atom. The molecule has 1 aromatic heterocycles. The number of imidazole rings is 1. The van der Waals surface area contributed by atoms with Crippen molar-refractivity contribution in [3.8, 4) is 23.1 Å². The van der Waals surface area contributed by atoms with Gasteiger partial charge in [0, 0.05) is 5.56 Å². The van der Waals surface area contributed by atoms with Gasteiger partial charge in [-0.3, -0.25) is 0 Å². The number of nitrogens with one attached hydrogen (secondary N) is 1. The summed E-state index contributed by atoms with van der Waals surface area (Å²) >= 11 is 0. The zero-order valence-corrected chi connectivity index (χ0v) is 8.07. The van der Waals surface area contributed by atoms with Gasteiger partial charge in [0.05, 0.1) is 18.2 Å². The van der Waals surface area contributed by atoms with Gasteiger partial charge in [-0.15, -0.1) is 0 Å². The highest BCUT2D eigenvalue weighted by Crippen LogP contribution is 2.15. The molecule has 3 nitrogen and oxygen atoms in total. The number of hydrogen-bond acceptors (Lipinski definition) is 2. The summed E-state index contributed by atoms with van der Waals surface area (Å²) in [5.41, 5.74) is 2.95. The lowest BCUT2D eigenvalue weighted by atomic mass is 10.1.